The lowest BCUT2D eigenvalue weighted by atomic mass is 9.95. The summed E-state index contributed by atoms with van der Waals surface area (Å²) in [6.07, 6.45) is 4.84. The number of ether oxygens (including phenoxy) is 1. The van der Waals surface area contributed by atoms with E-state index < -0.39 is 0 Å². The molecule has 3 heteroatoms. The van der Waals surface area contributed by atoms with Crippen LogP contribution in [0.25, 0.3) is 0 Å². The van der Waals surface area contributed by atoms with Gasteiger partial charge in [0, 0.05) is 26.2 Å². The van der Waals surface area contributed by atoms with Gasteiger partial charge >= 0.3 is 0 Å². The maximum absolute atomic E-state index is 6.01. The smallest absolute Gasteiger partial charge is 0.0502 e. The summed E-state index contributed by atoms with van der Waals surface area (Å²) < 4.78 is 5.31. The number of rotatable bonds is 7. The normalized spacial score (nSPS) is 21.8. The molecule has 2 N–H and O–H groups in total. The number of hydrogen-bond acceptors (Lipinski definition) is 3. The molecule has 2 atom stereocenters. The molecule has 1 aromatic rings. The molecule has 0 amide bonds. The quantitative estimate of drug-likeness (QED) is 0.830. The highest BCUT2D eigenvalue weighted by molar-refractivity contribution is 5.14. The molecule has 0 saturated carbocycles. The van der Waals surface area contributed by atoms with Crippen molar-refractivity contribution in [2.45, 2.75) is 31.7 Å². The molecule has 0 radical (unpaired) electrons. The molecule has 1 aliphatic heterocycles. The number of aryl methyl sites for hydroxylation is 1. The maximum Gasteiger partial charge on any atom is 0.0502 e. The van der Waals surface area contributed by atoms with Crippen LogP contribution in [0.3, 0.4) is 0 Å². The summed E-state index contributed by atoms with van der Waals surface area (Å²) in [7, 11) is 1.80. The van der Waals surface area contributed by atoms with Crippen LogP contribution in [-0.4, -0.2) is 44.3 Å². The van der Waals surface area contributed by atoms with Crippen LogP contribution in [0.2, 0.25) is 0 Å². The molecule has 1 heterocycles. The summed E-state index contributed by atoms with van der Waals surface area (Å²) in [5.74, 6) is 0.680. The SMILES string of the molecule is COCC1CCCN(C(CN)CCc2ccccc2)C1. The number of benzene rings is 1. The van der Waals surface area contributed by atoms with Crippen molar-refractivity contribution in [2.24, 2.45) is 11.7 Å². The van der Waals surface area contributed by atoms with E-state index in [9.17, 15) is 0 Å². The average molecular weight is 276 g/mol. The Balaban J connectivity index is 1.84. The second-order valence-electron chi connectivity index (χ2n) is 5.87. The number of nitrogens with zero attached hydrogens (tertiary/aromatic N) is 1. The van der Waals surface area contributed by atoms with Gasteiger partial charge in [0.1, 0.15) is 0 Å². The highest BCUT2D eigenvalue weighted by Gasteiger charge is 2.24. The molecule has 0 aromatic heterocycles. The zero-order valence-corrected chi connectivity index (χ0v) is 12.6. The van der Waals surface area contributed by atoms with E-state index in [0.29, 0.717) is 12.0 Å². The molecular formula is C17H28N2O. The van der Waals surface area contributed by atoms with Gasteiger partial charge in [-0.15, -0.1) is 0 Å². The van der Waals surface area contributed by atoms with Gasteiger partial charge in [0.15, 0.2) is 0 Å². The lowest BCUT2D eigenvalue weighted by Crippen LogP contribution is -2.47. The molecule has 3 nitrogen and oxygen atoms in total. The fraction of sp³-hybridized carbons (Fsp3) is 0.647. The first-order valence-corrected chi connectivity index (χ1v) is 7.80. The van der Waals surface area contributed by atoms with Gasteiger partial charge in [0.2, 0.25) is 0 Å². The molecule has 1 saturated heterocycles. The molecule has 2 rings (SSSR count). The van der Waals surface area contributed by atoms with Crippen molar-refractivity contribution in [1.29, 1.82) is 0 Å². The summed E-state index contributed by atoms with van der Waals surface area (Å²) in [4.78, 5) is 2.58. The number of likely N-dealkylation sites (tertiary alicyclic amines) is 1. The van der Waals surface area contributed by atoms with E-state index in [1.54, 1.807) is 7.11 Å². The van der Waals surface area contributed by atoms with Gasteiger partial charge in [-0.2, -0.15) is 0 Å². The third-order valence-electron chi connectivity index (χ3n) is 4.35. The van der Waals surface area contributed by atoms with Crippen LogP contribution in [0.15, 0.2) is 30.3 Å². The summed E-state index contributed by atoms with van der Waals surface area (Å²) in [6, 6.07) is 11.2. The lowest BCUT2D eigenvalue weighted by molar-refractivity contribution is 0.0677. The molecule has 20 heavy (non-hydrogen) atoms. The van der Waals surface area contributed by atoms with Crippen molar-refractivity contribution in [1.82, 2.24) is 4.90 Å². The van der Waals surface area contributed by atoms with Crippen LogP contribution in [-0.2, 0) is 11.2 Å². The van der Waals surface area contributed by atoms with E-state index >= 15 is 0 Å². The first-order chi connectivity index (χ1) is 9.83. The van der Waals surface area contributed by atoms with Crippen molar-refractivity contribution < 1.29 is 4.74 Å². The van der Waals surface area contributed by atoms with Crippen molar-refractivity contribution >= 4 is 0 Å². The zero-order valence-electron chi connectivity index (χ0n) is 12.6. The summed E-state index contributed by atoms with van der Waals surface area (Å²) in [6.45, 7) is 3.97. The third-order valence-corrected chi connectivity index (χ3v) is 4.35. The van der Waals surface area contributed by atoms with Crippen molar-refractivity contribution in [3.05, 3.63) is 35.9 Å². The predicted octanol–water partition coefficient (Wildman–Crippen LogP) is 2.30. The Bertz CT molecular complexity index is 367. The molecule has 1 aromatic carbocycles. The van der Waals surface area contributed by atoms with Crippen molar-refractivity contribution in [3.63, 3.8) is 0 Å². The van der Waals surface area contributed by atoms with E-state index in [2.05, 4.69) is 35.2 Å². The van der Waals surface area contributed by atoms with E-state index in [4.69, 9.17) is 10.5 Å². The van der Waals surface area contributed by atoms with Crippen LogP contribution >= 0.6 is 0 Å². The predicted molar refractivity (Wildman–Crippen MR) is 83.8 cm³/mol. The monoisotopic (exact) mass is 276 g/mol. The van der Waals surface area contributed by atoms with E-state index in [-0.39, 0.29) is 0 Å². The molecule has 2 unspecified atom stereocenters. The molecular weight excluding hydrogens is 248 g/mol. The number of nitrogens with two attached hydrogens (primary N) is 1. The number of hydrogen-bond donors (Lipinski definition) is 1. The maximum atomic E-state index is 6.01. The van der Waals surface area contributed by atoms with Gasteiger partial charge in [0.05, 0.1) is 6.61 Å². The average Bonchev–Trinajstić information content (AvgIpc) is 2.50. The third kappa shape index (κ3) is 4.58. The summed E-state index contributed by atoms with van der Waals surface area (Å²) in [5.41, 5.74) is 7.43. The largest absolute Gasteiger partial charge is 0.384 e. The number of piperidine rings is 1. The summed E-state index contributed by atoms with van der Waals surface area (Å²) >= 11 is 0. The Morgan fingerprint density at radius 3 is 2.85 bits per heavy atom. The Hall–Kier alpha value is -0.900. The number of methoxy groups -OCH3 is 1. The van der Waals surface area contributed by atoms with Crippen LogP contribution in [0, 0.1) is 5.92 Å². The molecule has 0 spiro atoms. The molecule has 112 valence electrons. The first-order valence-electron chi connectivity index (χ1n) is 7.80. The zero-order chi connectivity index (χ0) is 14.2. The van der Waals surface area contributed by atoms with E-state index in [0.717, 1.165) is 32.5 Å². The van der Waals surface area contributed by atoms with Gasteiger partial charge in [-0.05, 0) is 43.7 Å². The van der Waals surface area contributed by atoms with Gasteiger partial charge < -0.3 is 10.5 Å². The van der Waals surface area contributed by atoms with Crippen molar-refractivity contribution in [3.8, 4) is 0 Å². The van der Waals surface area contributed by atoms with Gasteiger partial charge in [-0.25, -0.2) is 0 Å². The Morgan fingerprint density at radius 1 is 1.35 bits per heavy atom. The second kappa shape index (κ2) is 8.40. The molecule has 1 aliphatic rings. The summed E-state index contributed by atoms with van der Waals surface area (Å²) in [5, 5.41) is 0. The van der Waals surface area contributed by atoms with E-state index in [1.165, 1.54) is 24.9 Å². The van der Waals surface area contributed by atoms with E-state index in [1.807, 2.05) is 0 Å². The minimum absolute atomic E-state index is 0.509. The topological polar surface area (TPSA) is 38.5 Å². The molecule has 0 bridgehead atoms. The Morgan fingerprint density at radius 2 is 2.15 bits per heavy atom. The van der Waals surface area contributed by atoms with Crippen LogP contribution in [0.5, 0.6) is 0 Å². The molecule has 0 aliphatic carbocycles. The minimum Gasteiger partial charge on any atom is -0.384 e. The fourth-order valence-electron chi connectivity index (χ4n) is 3.23. The fourth-order valence-corrected chi connectivity index (χ4v) is 3.23. The first kappa shape index (κ1) is 15.5. The Labute approximate surface area is 123 Å². The minimum atomic E-state index is 0.509. The lowest BCUT2D eigenvalue weighted by Gasteiger charge is -2.37. The highest BCUT2D eigenvalue weighted by atomic mass is 16.5. The van der Waals surface area contributed by atoms with Crippen molar-refractivity contribution in [2.75, 3.05) is 33.4 Å². The second-order valence-corrected chi connectivity index (χ2v) is 5.87. The molecule has 1 fully saturated rings. The van der Waals surface area contributed by atoms with Gasteiger partial charge in [-0.1, -0.05) is 30.3 Å². The Kier molecular flexibility index (Phi) is 6.51. The van der Waals surface area contributed by atoms with Crippen LogP contribution in [0.4, 0.5) is 0 Å². The highest BCUT2D eigenvalue weighted by Crippen LogP contribution is 2.20. The van der Waals surface area contributed by atoms with Crippen LogP contribution in [0.1, 0.15) is 24.8 Å². The standard InChI is InChI=1S/C17H28N2O/c1-20-14-16-8-5-11-19(13-16)17(12-18)10-9-15-6-3-2-4-7-15/h2-4,6-7,16-17H,5,8-14,18H2,1H3. The van der Waals surface area contributed by atoms with Gasteiger partial charge in [-0.3, -0.25) is 4.90 Å². The van der Waals surface area contributed by atoms with Gasteiger partial charge in [0.25, 0.3) is 0 Å². The van der Waals surface area contributed by atoms with Crippen LogP contribution < -0.4 is 5.73 Å².